The molecule has 1 atom stereocenters. The predicted molar refractivity (Wildman–Crippen MR) is 72.2 cm³/mol. The largest absolute Gasteiger partial charge is 0.304 e. The first-order valence-corrected chi connectivity index (χ1v) is 6.80. The molecular formula is C14H28N2O. The summed E-state index contributed by atoms with van der Waals surface area (Å²) >= 11 is 0. The van der Waals surface area contributed by atoms with Crippen LogP contribution < -0.4 is 0 Å². The average molecular weight is 240 g/mol. The maximum absolute atomic E-state index is 11.5. The van der Waals surface area contributed by atoms with E-state index >= 15 is 0 Å². The van der Waals surface area contributed by atoms with Crippen LogP contribution in [0.2, 0.25) is 0 Å². The van der Waals surface area contributed by atoms with E-state index in [1.165, 1.54) is 19.4 Å². The van der Waals surface area contributed by atoms with Crippen LogP contribution in [-0.4, -0.2) is 54.9 Å². The molecule has 0 aromatic carbocycles. The molecule has 1 heterocycles. The summed E-state index contributed by atoms with van der Waals surface area (Å²) in [5, 5.41) is 0. The number of ketones is 1. The van der Waals surface area contributed by atoms with E-state index in [0.29, 0.717) is 6.04 Å². The van der Waals surface area contributed by atoms with Gasteiger partial charge in [0.05, 0.1) is 0 Å². The highest BCUT2D eigenvalue weighted by Crippen LogP contribution is 2.21. The van der Waals surface area contributed by atoms with Crippen LogP contribution in [0.5, 0.6) is 0 Å². The molecule has 1 unspecified atom stereocenters. The highest BCUT2D eigenvalue weighted by atomic mass is 16.1. The smallest absolute Gasteiger partial charge is 0.136 e. The summed E-state index contributed by atoms with van der Waals surface area (Å²) in [7, 11) is 2.14. The van der Waals surface area contributed by atoms with Gasteiger partial charge in [-0.05, 0) is 39.9 Å². The van der Waals surface area contributed by atoms with E-state index in [9.17, 15) is 4.79 Å². The van der Waals surface area contributed by atoms with Crippen LogP contribution >= 0.6 is 0 Å². The first-order valence-electron chi connectivity index (χ1n) is 6.80. The minimum absolute atomic E-state index is 0.218. The second-order valence-electron chi connectivity index (χ2n) is 6.06. The number of likely N-dealkylation sites (N-methyl/N-ethyl adjacent to an activating group) is 2. The van der Waals surface area contributed by atoms with Gasteiger partial charge in [0.2, 0.25) is 0 Å². The summed E-state index contributed by atoms with van der Waals surface area (Å²) in [6.07, 6.45) is 2.63. The van der Waals surface area contributed by atoms with Gasteiger partial charge < -0.3 is 4.90 Å². The van der Waals surface area contributed by atoms with Crippen molar-refractivity contribution in [2.24, 2.45) is 5.41 Å². The van der Waals surface area contributed by atoms with E-state index in [1.807, 2.05) is 13.8 Å². The molecule has 3 heteroatoms. The van der Waals surface area contributed by atoms with E-state index < -0.39 is 0 Å². The third-order valence-electron chi connectivity index (χ3n) is 4.05. The van der Waals surface area contributed by atoms with Crippen LogP contribution in [0.3, 0.4) is 0 Å². The lowest BCUT2D eigenvalue weighted by atomic mass is 9.88. The van der Waals surface area contributed by atoms with E-state index in [-0.39, 0.29) is 11.2 Å². The average Bonchev–Trinajstić information content (AvgIpc) is 2.63. The summed E-state index contributed by atoms with van der Waals surface area (Å²) in [5.74, 6) is 0.281. The molecule has 0 amide bonds. The van der Waals surface area contributed by atoms with Gasteiger partial charge >= 0.3 is 0 Å². The lowest BCUT2D eigenvalue weighted by Crippen LogP contribution is -2.43. The number of carbonyl (C=O) groups is 1. The standard InChI is InChI=1S/C14H28N2O/c1-6-16-9-7-8-13(16)10-15(5)11-14(3,4)12(2)17/h13H,6-11H2,1-5H3. The molecule has 1 fully saturated rings. The number of likely N-dealkylation sites (tertiary alicyclic amines) is 1. The first-order chi connectivity index (χ1) is 7.86. The van der Waals surface area contributed by atoms with Gasteiger partial charge in [0.1, 0.15) is 5.78 Å². The highest BCUT2D eigenvalue weighted by Gasteiger charge is 2.28. The quantitative estimate of drug-likeness (QED) is 0.709. The monoisotopic (exact) mass is 240 g/mol. The molecule has 0 spiro atoms. The molecule has 0 radical (unpaired) electrons. The molecule has 1 saturated heterocycles. The minimum Gasteiger partial charge on any atom is -0.304 e. The van der Waals surface area contributed by atoms with Crippen molar-refractivity contribution in [1.29, 1.82) is 0 Å². The number of hydrogen-bond donors (Lipinski definition) is 0. The topological polar surface area (TPSA) is 23.6 Å². The SMILES string of the molecule is CCN1CCCC1CN(C)CC(C)(C)C(C)=O. The van der Waals surface area contributed by atoms with Crippen LogP contribution in [0.1, 0.15) is 40.5 Å². The Bertz CT molecular complexity index is 263. The van der Waals surface area contributed by atoms with Crippen molar-refractivity contribution in [2.75, 3.05) is 33.2 Å². The highest BCUT2D eigenvalue weighted by molar-refractivity contribution is 5.81. The minimum atomic E-state index is -0.218. The summed E-state index contributed by atoms with van der Waals surface area (Å²) in [6, 6.07) is 0.688. The number of Topliss-reactive ketones (excluding diaryl/α,β-unsaturated/α-hetero) is 1. The van der Waals surface area contributed by atoms with Crippen molar-refractivity contribution in [2.45, 2.75) is 46.6 Å². The van der Waals surface area contributed by atoms with Gasteiger partial charge in [-0.3, -0.25) is 9.69 Å². The second-order valence-corrected chi connectivity index (χ2v) is 6.06. The summed E-state index contributed by atoms with van der Waals surface area (Å²) in [4.78, 5) is 16.4. The van der Waals surface area contributed by atoms with Crippen LogP contribution in [-0.2, 0) is 4.79 Å². The van der Waals surface area contributed by atoms with Crippen molar-refractivity contribution in [3.63, 3.8) is 0 Å². The third-order valence-corrected chi connectivity index (χ3v) is 4.05. The summed E-state index contributed by atoms with van der Waals surface area (Å²) in [6.45, 7) is 12.3. The van der Waals surface area contributed by atoms with Crippen LogP contribution in [0, 0.1) is 5.41 Å². The summed E-state index contributed by atoms with van der Waals surface area (Å²) in [5.41, 5.74) is -0.218. The van der Waals surface area contributed by atoms with Gasteiger partial charge in [0, 0.05) is 24.5 Å². The fourth-order valence-corrected chi connectivity index (χ4v) is 2.73. The molecule has 0 aromatic rings. The van der Waals surface area contributed by atoms with Gasteiger partial charge in [-0.1, -0.05) is 20.8 Å². The molecule has 1 aliphatic heterocycles. The van der Waals surface area contributed by atoms with Crippen LogP contribution in [0.15, 0.2) is 0 Å². The van der Waals surface area contributed by atoms with Gasteiger partial charge in [0.25, 0.3) is 0 Å². The van der Waals surface area contributed by atoms with E-state index in [4.69, 9.17) is 0 Å². The Labute approximate surface area is 106 Å². The fourth-order valence-electron chi connectivity index (χ4n) is 2.73. The molecule has 1 aliphatic rings. The number of rotatable bonds is 6. The predicted octanol–water partition coefficient (Wildman–Crippen LogP) is 2.02. The molecule has 17 heavy (non-hydrogen) atoms. The van der Waals surface area contributed by atoms with Gasteiger partial charge in [-0.2, -0.15) is 0 Å². The molecule has 3 nitrogen and oxygen atoms in total. The van der Waals surface area contributed by atoms with Crippen molar-refractivity contribution in [3.05, 3.63) is 0 Å². The zero-order chi connectivity index (χ0) is 13.1. The molecule has 0 saturated carbocycles. The number of carbonyl (C=O) groups excluding carboxylic acids is 1. The van der Waals surface area contributed by atoms with Crippen molar-refractivity contribution < 1.29 is 4.79 Å². The Kier molecular flexibility index (Phi) is 5.14. The van der Waals surface area contributed by atoms with E-state index in [2.05, 4.69) is 23.8 Å². The molecular weight excluding hydrogens is 212 g/mol. The fraction of sp³-hybridized carbons (Fsp3) is 0.929. The molecule has 0 aromatic heterocycles. The normalized spacial score (nSPS) is 22.4. The van der Waals surface area contributed by atoms with E-state index in [0.717, 1.165) is 19.6 Å². The lowest BCUT2D eigenvalue weighted by molar-refractivity contribution is -0.125. The lowest BCUT2D eigenvalue weighted by Gasteiger charge is -2.32. The number of nitrogens with zero attached hydrogens (tertiary/aromatic N) is 2. The van der Waals surface area contributed by atoms with Gasteiger partial charge in [-0.15, -0.1) is 0 Å². The van der Waals surface area contributed by atoms with Crippen molar-refractivity contribution in [1.82, 2.24) is 9.80 Å². The molecule has 0 bridgehead atoms. The van der Waals surface area contributed by atoms with Crippen LogP contribution in [0.4, 0.5) is 0 Å². The Morgan fingerprint density at radius 3 is 2.65 bits per heavy atom. The maximum Gasteiger partial charge on any atom is 0.136 e. The molecule has 0 aliphatic carbocycles. The Morgan fingerprint density at radius 1 is 1.47 bits per heavy atom. The van der Waals surface area contributed by atoms with Crippen molar-refractivity contribution >= 4 is 5.78 Å². The Hall–Kier alpha value is -0.410. The van der Waals surface area contributed by atoms with Gasteiger partial charge in [0.15, 0.2) is 0 Å². The maximum atomic E-state index is 11.5. The summed E-state index contributed by atoms with van der Waals surface area (Å²) < 4.78 is 0. The number of hydrogen-bond acceptors (Lipinski definition) is 3. The van der Waals surface area contributed by atoms with Crippen LogP contribution in [0.25, 0.3) is 0 Å². The second kappa shape index (κ2) is 5.96. The molecule has 0 N–H and O–H groups in total. The Morgan fingerprint density at radius 2 is 2.12 bits per heavy atom. The first kappa shape index (κ1) is 14.7. The zero-order valence-electron chi connectivity index (χ0n) is 12.1. The van der Waals surface area contributed by atoms with E-state index in [1.54, 1.807) is 6.92 Å². The van der Waals surface area contributed by atoms with Gasteiger partial charge in [-0.25, -0.2) is 0 Å². The third kappa shape index (κ3) is 4.07. The molecule has 100 valence electrons. The Balaban J connectivity index is 2.44. The zero-order valence-corrected chi connectivity index (χ0v) is 12.1. The molecule has 1 rings (SSSR count). The van der Waals surface area contributed by atoms with Crippen molar-refractivity contribution in [3.8, 4) is 0 Å².